The standard InChI is InChI=1S/C15H22N2O2/c18-12-8-13-3-5-14(6-4-13)16-15(19)7-11-17-9-1-2-10-17/h3-6,18H,1-2,7-12H2,(H,16,19). The van der Waals surface area contributed by atoms with E-state index in [-0.39, 0.29) is 12.5 Å². The molecule has 0 spiro atoms. The van der Waals surface area contributed by atoms with Crippen molar-refractivity contribution in [3.8, 4) is 0 Å². The number of anilines is 1. The molecule has 1 aliphatic heterocycles. The summed E-state index contributed by atoms with van der Waals surface area (Å²) in [6, 6.07) is 7.65. The van der Waals surface area contributed by atoms with Gasteiger partial charge in [-0.1, -0.05) is 12.1 Å². The van der Waals surface area contributed by atoms with Crippen molar-refractivity contribution in [1.29, 1.82) is 0 Å². The molecule has 0 unspecified atom stereocenters. The Kier molecular flexibility index (Phi) is 5.36. The Morgan fingerprint density at radius 3 is 2.53 bits per heavy atom. The zero-order chi connectivity index (χ0) is 13.5. The van der Waals surface area contributed by atoms with Crippen molar-refractivity contribution in [2.24, 2.45) is 0 Å². The van der Waals surface area contributed by atoms with Gasteiger partial charge in [-0.2, -0.15) is 0 Å². The lowest BCUT2D eigenvalue weighted by Crippen LogP contribution is -2.25. The normalized spacial score (nSPS) is 15.6. The van der Waals surface area contributed by atoms with E-state index in [0.717, 1.165) is 30.9 Å². The number of rotatable bonds is 6. The van der Waals surface area contributed by atoms with Crippen LogP contribution in [0, 0.1) is 0 Å². The van der Waals surface area contributed by atoms with E-state index in [1.54, 1.807) is 0 Å². The van der Waals surface area contributed by atoms with Crippen molar-refractivity contribution in [1.82, 2.24) is 4.90 Å². The van der Waals surface area contributed by atoms with Crippen LogP contribution in [0.2, 0.25) is 0 Å². The lowest BCUT2D eigenvalue weighted by atomic mass is 10.1. The van der Waals surface area contributed by atoms with E-state index in [1.807, 2.05) is 24.3 Å². The minimum atomic E-state index is 0.0711. The largest absolute Gasteiger partial charge is 0.396 e. The molecule has 1 saturated heterocycles. The molecule has 1 aromatic carbocycles. The van der Waals surface area contributed by atoms with Crippen LogP contribution in [0.15, 0.2) is 24.3 Å². The summed E-state index contributed by atoms with van der Waals surface area (Å²) in [5, 5.41) is 11.7. The lowest BCUT2D eigenvalue weighted by molar-refractivity contribution is -0.116. The van der Waals surface area contributed by atoms with Crippen LogP contribution in [0.4, 0.5) is 5.69 Å². The molecule has 0 saturated carbocycles. The monoisotopic (exact) mass is 262 g/mol. The Morgan fingerprint density at radius 2 is 1.89 bits per heavy atom. The molecule has 0 aromatic heterocycles. The van der Waals surface area contributed by atoms with Crippen molar-refractivity contribution in [3.05, 3.63) is 29.8 Å². The average Bonchev–Trinajstić information content (AvgIpc) is 2.92. The molecule has 2 N–H and O–H groups in total. The van der Waals surface area contributed by atoms with Gasteiger partial charge < -0.3 is 15.3 Å². The number of amides is 1. The molecule has 1 aromatic rings. The van der Waals surface area contributed by atoms with E-state index in [0.29, 0.717) is 12.8 Å². The number of nitrogens with one attached hydrogen (secondary N) is 1. The van der Waals surface area contributed by atoms with Gasteiger partial charge in [0.25, 0.3) is 0 Å². The van der Waals surface area contributed by atoms with Crippen molar-refractivity contribution in [2.45, 2.75) is 25.7 Å². The van der Waals surface area contributed by atoms with Crippen LogP contribution in [0.3, 0.4) is 0 Å². The maximum absolute atomic E-state index is 11.8. The second-order valence-electron chi connectivity index (χ2n) is 5.02. The first-order chi connectivity index (χ1) is 9.28. The SMILES string of the molecule is O=C(CCN1CCCC1)Nc1ccc(CCO)cc1. The number of carbonyl (C=O) groups is 1. The van der Waals surface area contributed by atoms with Crippen LogP contribution in [-0.2, 0) is 11.2 Å². The first kappa shape index (κ1) is 14.0. The van der Waals surface area contributed by atoms with Gasteiger partial charge in [-0.05, 0) is 50.0 Å². The number of hydrogen-bond donors (Lipinski definition) is 2. The van der Waals surface area contributed by atoms with Gasteiger partial charge in [0.2, 0.25) is 5.91 Å². The number of hydrogen-bond acceptors (Lipinski definition) is 3. The Bertz CT molecular complexity index is 397. The predicted octanol–water partition coefficient (Wildman–Crippen LogP) is 1.65. The molecule has 0 bridgehead atoms. The van der Waals surface area contributed by atoms with E-state index < -0.39 is 0 Å². The Balaban J connectivity index is 1.74. The highest BCUT2D eigenvalue weighted by Gasteiger charge is 2.12. The van der Waals surface area contributed by atoms with Crippen molar-refractivity contribution in [2.75, 3.05) is 31.6 Å². The molecule has 0 atom stereocenters. The summed E-state index contributed by atoms with van der Waals surface area (Å²) < 4.78 is 0. The van der Waals surface area contributed by atoms with Crippen LogP contribution in [-0.4, -0.2) is 42.2 Å². The fourth-order valence-electron chi connectivity index (χ4n) is 2.37. The summed E-state index contributed by atoms with van der Waals surface area (Å²) >= 11 is 0. The van der Waals surface area contributed by atoms with Crippen LogP contribution in [0.5, 0.6) is 0 Å². The maximum atomic E-state index is 11.8. The van der Waals surface area contributed by atoms with Crippen LogP contribution < -0.4 is 5.32 Å². The molecule has 2 rings (SSSR count). The second-order valence-corrected chi connectivity index (χ2v) is 5.02. The molecule has 104 valence electrons. The van der Waals surface area contributed by atoms with Crippen LogP contribution in [0.1, 0.15) is 24.8 Å². The fourth-order valence-corrected chi connectivity index (χ4v) is 2.37. The van der Waals surface area contributed by atoms with Gasteiger partial charge in [0.15, 0.2) is 0 Å². The van der Waals surface area contributed by atoms with Crippen LogP contribution in [0.25, 0.3) is 0 Å². The van der Waals surface area contributed by atoms with Crippen molar-refractivity contribution in [3.63, 3.8) is 0 Å². The van der Waals surface area contributed by atoms with Gasteiger partial charge in [0.1, 0.15) is 0 Å². The van der Waals surface area contributed by atoms with Gasteiger partial charge in [0.05, 0.1) is 0 Å². The Hall–Kier alpha value is -1.39. The molecule has 4 nitrogen and oxygen atoms in total. The summed E-state index contributed by atoms with van der Waals surface area (Å²) in [6.45, 7) is 3.27. The summed E-state index contributed by atoms with van der Waals surface area (Å²) in [7, 11) is 0. The quantitative estimate of drug-likeness (QED) is 0.819. The molecular weight excluding hydrogens is 240 g/mol. The Labute approximate surface area is 114 Å². The van der Waals surface area contributed by atoms with Gasteiger partial charge in [-0.15, -0.1) is 0 Å². The summed E-state index contributed by atoms with van der Waals surface area (Å²) in [5.41, 5.74) is 1.91. The highest BCUT2D eigenvalue weighted by Crippen LogP contribution is 2.11. The topological polar surface area (TPSA) is 52.6 Å². The highest BCUT2D eigenvalue weighted by atomic mass is 16.2. The highest BCUT2D eigenvalue weighted by molar-refractivity contribution is 5.90. The number of aliphatic hydroxyl groups is 1. The fraction of sp³-hybridized carbons (Fsp3) is 0.533. The van der Waals surface area contributed by atoms with Gasteiger partial charge in [-0.3, -0.25) is 4.79 Å². The third-order valence-electron chi connectivity index (χ3n) is 3.49. The summed E-state index contributed by atoms with van der Waals surface area (Å²) in [4.78, 5) is 14.1. The van der Waals surface area contributed by atoms with Gasteiger partial charge >= 0.3 is 0 Å². The van der Waals surface area contributed by atoms with Crippen LogP contribution >= 0.6 is 0 Å². The molecule has 1 amide bonds. The number of carbonyl (C=O) groups excluding carboxylic acids is 1. The zero-order valence-corrected chi connectivity index (χ0v) is 11.3. The Morgan fingerprint density at radius 1 is 1.21 bits per heavy atom. The third-order valence-corrected chi connectivity index (χ3v) is 3.49. The van der Waals surface area contributed by atoms with E-state index in [1.165, 1.54) is 12.8 Å². The molecule has 0 aliphatic carbocycles. The van der Waals surface area contributed by atoms with E-state index in [9.17, 15) is 4.79 Å². The third kappa shape index (κ3) is 4.65. The molecule has 0 radical (unpaired) electrons. The summed E-state index contributed by atoms with van der Waals surface area (Å²) in [6.07, 6.45) is 3.73. The predicted molar refractivity (Wildman–Crippen MR) is 76.2 cm³/mol. The van der Waals surface area contributed by atoms with E-state index in [2.05, 4.69) is 10.2 Å². The van der Waals surface area contributed by atoms with Crippen molar-refractivity contribution >= 4 is 11.6 Å². The average molecular weight is 262 g/mol. The molecule has 1 aliphatic rings. The number of likely N-dealkylation sites (tertiary alicyclic amines) is 1. The molecule has 1 heterocycles. The minimum Gasteiger partial charge on any atom is -0.396 e. The maximum Gasteiger partial charge on any atom is 0.225 e. The van der Waals surface area contributed by atoms with Gasteiger partial charge in [-0.25, -0.2) is 0 Å². The number of benzene rings is 1. The lowest BCUT2D eigenvalue weighted by Gasteiger charge is -2.14. The van der Waals surface area contributed by atoms with Crippen molar-refractivity contribution < 1.29 is 9.90 Å². The first-order valence-corrected chi connectivity index (χ1v) is 7.00. The zero-order valence-electron chi connectivity index (χ0n) is 11.3. The molecule has 19 heavy (non-hydrogen) atoms. The van der Waals surface area contributed by atoms with E-state index in [4.69, 9.17) is 5.11 Å². The smallest absolute Gasteiger partial charge is 0.225 e. The number of nitrogens with zero attached hydrogens (tertiary/aromatic N) is 1. The molecule has 4 heteroatoms. The number of aliphatic hydroxyl groups excluding tert-OH is 1. The van der Waals surface area contributed by atoms with E-state index >= 15 is 0 Å². The first-order valence-electron chi connectivity index (χ1n) is 7.00. The van der Waals surface area contributed by atoms with Gasteiger partial charge in [0, 0.05) is 25.3 Å². The molecular formula is C15H22N2O2. The molecule has 1 fully saturated rings. The second kappa shape index (κ2) is 7.26. The minimum absolute atomic E-state index is 0.0711. The summed E-state index contributed by atoms with van der Waals surface area (Å²) in [5.74, 6) is 0.0711.